The topological polar surface area (TPSA) is 17.1 Å². The first-order valence-corrected chi connectivity index (χ1v) is 11.9. The first-order chi connectivity index (χ1) is 14.6. The van der Waals surface area contributed by atoms with E-state index in [1.807, 2.05) is 24.3 Å². The van der Waals surface area contributed by atoms with Gasteiger partial charge in [0.2, 0.25) is 0 Å². The quantitative estimate of drug-likeness (QED) is 0.235. The Balaban J connectivity index is 1.65. The van der Waals surface area contributed by atoms with Crippen molar-refractivity contribution in [1.82, 2.24) is 0 Å². The fourth-order valence-electron chi connectivity index (χ4n) is 3.27. The van der Waals surface area contributed by atoms with Gasteiger partial charge >= 0.3 is 0 Å². The minimum Gasteiger partial charge on any atom is -0.295 e. The van der Waals surface area contributed by atoms with E-state index in [0.29, 0.717) is 0 Å². The zero-order valence-corrected chi connectivity index (χ0v) is 18.7. The molecule has 0 aliphatic rings. The Morgan fingerprint density at radius 1 is 0.700 bits per heavy atom. The predicted molar refractivity (Wildman–Crippen MR) is 127 cm³/mol. The van der Waals surface area contributed by atoms with E-state index in [0.717, 1.165) is 10.5 Å². The van der Waals surface area contributed by atoms with Gasteiger partial charge in [-0.05, 0) is 74.0 Å². The summed E-state index contributed by atoms with van der Waals surface area (Å²) >= 11 is 1.74. The van der Waals surface area contributed by atoms with Crippen molar-refractivity contribution in [3.63, 3.8) is 0 Å². The highest BCUT2D eigenvalue weighted by Crippen LogP contribution is 2.36. The average Bonchev–Trinajstić information content (AvgIpc) is 2.78. The van der Waals surface area contributed by atoms with Crippen molar-refractivity contribution < 1.29 is 4.79 Å². The van der Waals surface area contributed by atoms with Crippen LogP contribution in [0.2, 0.25) is 0 Å². The second-order valence-electron chi connectivity index (χ2n) is 7.04. The fourth-order valence-corrected chi connectivity index (χ4v) is 6.33. The molecule has 0 aromatic heterocycles. The van der Waals surface area contributed by atoms with E-state index in [1.54, 1.807) is 18.7 Å². The SMILES string of the molecule is CC(=O)c1ccc(Sc2ccc([S+](c3ccccc3)c3ccccc3)cc2C)cc1. The number of benzene rings is 4. The Morgan fingerprint density at radius 3 is 1.77 bits per heavy atom. The Hall–Kier alpha value is -2.75. The van der Waals surface area contributed by atoms with Gasteiger partial charge in [-0.3, -0.25) is 4.79 Å². The molecule has 0 aliphatic carbocycles. The Kier molecular flexibility index (Phi) is 6.41. The Morgan fingerprint density at radius 2 is 1.27 bits per heavy atom. The third-order valence-electron chi connectivity index (χ3n) is 4.83. The summed E-state index contributed by atoms with van der Waals surface area (Å²) in [6.45, 7) is 3.77. The van der Waals surface area contributed by atoms with Crippen molar-refractivity contribution in [1.29, 1.82) is 0 Å². The van der Waals surface area contributed by atoms with Crippen molar-refractivity contribution in [3.8, 4) is 0 Å². The molecule has 0 saturated carbocycles. The Bertz CT molecular complexity index is 1100. The van der Waals surface area contributed by atoms with E-state index >= 15 is 0 Å². The predicted octanol–water partition coefficient (Wildman–Crippen LogP) is 7.44. The monoisotopic (exact) mass is 427 g/mol. The Labute approximate surface area is 185 Å². The van der Waals surface area contributed by atoms with Crippen molar-refractivity contribution in [2.45, 2.75) is 38.3 Å². The summed E-state index contributed by atoms with van der Waals surface area (Å²) in [4.78, 5) is 17.8. The molecule has 1 nitrogen and oxygen atoms in total. The number of rotatable bonds is 6. The number of hydrogen-bond donors (Lipinski definition) is 0. The van der Waals surface area contributed by atoms with Crippen LogP contribution in [0.5, 0.6) is 0 Å². The highest BCUT2D eigenvalue weighted by molar-refractivity contribution is 7.99. The summed E-state index contributed by atoms with van der Waals surface area (Å²) in [5.74, 6) is 0.0981. The van der Waals surface area contributed by atoms with Crippen LogP contribution in [-0.2, 0) is 10.9 Å². The largest absolute Gasteiger partial charge is 0.295 e. The highest BCUT2D eigenvalue weighted by Gasteiger charge is 2.28. The zero-order valence-electron chi connectivity index (χ0n) is 17.0. The van der Waals surface area contributed by atoms with Gasteiger partial charge in [-0.1, -0.05) is 60.3 Å². The molecule has 0 N–H and O–H groups in total. The summed E-state index contributed by atoms with van der Waals surface area (Å²) in [7, 11) is -0.135. The third kappa shape index (κ3) is 4.69. The molecule has 0 bridgehead atoms. The standard InChI is InChI=1S/C27H23OS2/c1-20-19-26(17-18-27(20)29-23-15-13-22(14-16-23)21(2)28)30(24-9-5-3-6-10-24)25-11-7-4-8-12-25/h3-19H,1-2H3/q+1. The molecular formula is C27H23OS2+. The molecule has 4 aromatic carbocycles. The molecular weight excluding hydrogens is 404 g/mol. The smallest absolute Gasteiger partial charge is 0.166 e. The summed E-state index contributed by atoms with van der Waals surface area (Å²) in [5, 5.41) is 0. The molecule has 4 rings (SSSR count). The molecule has 0 radical (unpaired) electrons. The number of Topliss-reactive ketones (excluding diaryl/α,β-unsaturated/α-hetero) is 1. The van der Waals surface area contributed by atoms with Gasteiger partial charge in [0.25, 0.3) is 0 Å². The lowest BCUT2D eigenvalue weighted by molar-refractivity contribution is 0.101. The van der Waals surface area contributed by atoms with Gasteiger partial charge in [-0.25, -0.2) is 0 Å². The van der Waals surface area contributed by atoms with Crippen LogP contribution >= 0.6 is 11.8 Å². The molecule has 30 heavy (non-hydrogen) atoms. The first-order valence-electron chi connectivity index (χ1n) is 9.86. The van der Waals surface area contributed by atoms with E-state index in [1.165, 1.54) is 25.1 Å². The van der Waals surface area contributed by atoms with Crippen LogP contribution in [0.3, 0.4) is 0 Å². The van der Waals surface area contributed by atoms with E-state index in [9.17, 15) is 4.79 Å². The second-order valence-corrected chi connectivity index (χ2v) is 10.2. The van der Waals surface area contributed by atoms with E-state index in [-0.39, 0.29) is 16.7 Å². The van der Waals surface area contributed by atoms with Crippen LogP contribution in [0.4, 0.5) is 0 Å². The van der Waals surface area contributed by atoms with Gasteiger partial charge in [0.1, 0.15) is 0 Å². The van der Waals surface area contributed by atoms with Crippen molar-refractivity contribution >= 4 is 28.4 Å². The van der Waals surface area contributed by atoms with Crippen LogP contribution in [0.25, 0.3) is 0 Å². The number of carbonyl (C=O) groups is 1. The summed E-state index contributed by atoms with van der Waals surface area (Å²) < 4.78 is 0. The van der Waals surface area contributed by atoms with Gasteiger partial charge in [-0.15, -0.1) is 0 Å². The normalized spacial score (nSPS) is 10.9. The van der Waals surface area contributed by atoms with E-state index in [2.05, 4.69) is 85.8 Å². The van der Waals surface area contributed by atoms with Gasteiger partial charge < -0.3 is 0 Å². The lowest BCUT2D eigenvalue weighted by atomic mass is 10.2. The van der Waals surface area contributed by atoms with Crippen LogP contribution in [0.1, 0.15) is 22.8 Å². The van der Waals surface area contributed by atoms with Crippen molar-refractivity contribution in [3.05, 3.63) is 114 Å². The summed E-state index contributed by atoms with van der Waals surface area (Å²) in [6, 6.07) is 36.1. The molecule has 0 heterocycles. The van der Waals surface area contributed by atoms with Crippen LogP contribution in [-0.4, -0.2) is 5.78 Å². The van der Waals surface area contributed by atoms with Gasteiger partial charge in [0, 0.05) is 15.4 Å². The molecule has 0 saturated heterocycles. The molecule has 0 aliphatic heterocycles. The van der Waals surface area contributed by atoms with Crippen LogP contribution in [0.15, 0.2) is 128 Å². The molecule has 3 heteroatoms. The zero-order chi connectivity index (χ0) is 20.9. The van der Waals surface area contributed by atoms with Gasteiger partial charge in [0.05, 0.1) is 10.9 Å². The number of aryl methyl sites for hydroxylation is 1. The van der Waals surface area contributed by atoms with Gasteiger partial charge in [-0.2, -0.15) is 0 Å². The molecule has 0 amide bonds. The van der Waals surface area contributed by atoms with E-state index < -0.39 is 0 Å². The maximum absolute atomic E-state index is 11.5. The maximum Gasteiger partial charge on any atom is 0.166 e. The molecule has 0 unspecified atom stereocenters. The molecule has 0 spiro atoms. The van der Waals surface area contributed by atoms with E-state index in [4.69, 9.17) is 0 Å². The van der Waals surface area contributed by atoms with Crippen molar-refractivity contribution in [2.75, 3.05) is 0 Å². The molecule has 0 atom stereocenters. The third-order valence-corrected chi connectivity index (χ3v) is 8.23. The summed E-state index contributed by atoms with van der Waals surface area (Å²) in [5.41, 5.74) is 2.01. The van der Waals surface area contributed by atoms with Crippen LogP contribution in [0, 0.1) is 6.92 Å². The average molecular weight is 428 g/mol. The minimum atomic E-state index is -0.135. The first kappa shape index (κ1) is 20.5. The highest BCUT2D eigenvalue weighted by atomic mass is 32.2. The molecule has 148 valence electrons. The molecule has 4 aromatic rings. The fraction of sp³-hybridized carbons (Fsp3) is 0.0741. The minimum absolute atomic E-state index is 0.0981. The van der Waals surface area contributed by atoms with Crippen molar-refractivity contribution in [2.24, 2.45) is 0 Å². The lowest BCUT2D eigenvalue weighted by Gasteiger charge is -2.11. The van der Waals surface area contributed by atoms with Gasteiger partial charge in [0.15, 0.2) is 20.5 Å². The lowest BCUT2D eigenvalue weighted by Crippen LogP contribution is -2.05. The summed E-state index contributed by atoms with van der Waals surface area (Å²) in [6.07, 6.45) is 0. The number of carbonyl (C=O) groups excluding carboxylic acids is 1. The molecule has 0 fully saturated rings. The number of ketones is 1. The second kappa shape index (κ2) is 9.38. The number of hydrogen-bond acceptors (Lipinski definition) is 2. The van der Waals surface area contributed by atoms with Crippen LogP contribution < -0.4 is 0 Å². The maximum atomic E-state index is 11.5.